The van der Waals surface area contributed by atoms with Crippen LogP contribution in [0.3, 0.4) is 0 Å². The van der Waals surface area contributed by atoms with E-state index >= 15 is 0 Å². The maximum Gasteiger partial charge on any atom is 0.164 e. The molecule has 0 spiro atoms. The van der Waals surface area contributed by atoms with E-state index in [-0.39, 0.29) is 0 Å². The average Bonchev–Trinajstić information content (AvgIpc) is 3.25. The molecule has 7 rings (SSSR count). The Labute approximate surface area is 328 Å². The van der Waals surface area contributed by atoms with E-state index in [9.17, 15) is 0 Å². The van der Waals surface area contributed by atoms with Gasteiger partial charge in [0.15, 0.2) is 17.5 Å². The van der Waals surface area contributed by atoms with Crippen molar-refractivity contribution in [3.8, 4) is 67.5 Å². The van der Waals surface area contributed by atoms with Crippen molar-refractivity contribution in [1.29, 1.82) is 0 Å². The van der Waals surface area contributed by atoms with Crippen molar-refractivity contribution in [2.75, 3.05) is 0 Å². The van der Waals surface area contributed by atoms with Crippen molar-refractivity contribution in [3.05, 3.63) is 168 Å². The molecule has 2 heterocycles. The largest absolute Gasteiger partial charge is 0.261 e. The molecule has 0 aliphatic heterocycles. The molecule has 55 heavy (non-hydrogen) atoms. The molecule has 4 nitrogen and oxygen atoms in total. The van der Waals surface area contributed by atoms with Gasteiger partial charge < -0.3 is 0 Å². The van der Waals surface area contributed by atoms with E-state index in [0.717, 1.165) is 55.8 Å². The zero-order valence-corrected chi connectivity index (χ0v) is 33.7. The van der Waals surface area contributed by atoms with Crippen molar-refractivity contribution in [3.63, 3.8) is 0 Å². The summed E-state index contributed by atoms with van der Waals surface area (Å²) in [5.74, 6) is 1.90. The van der Waals surface area contributed by atoms with Gasteiger partial charge in [-0.05, 0) is 115 Å². The molecule has 4 heteroatoms. The van der Waals surface area contributed by atoms with Crippen LogP contribution in [0.2, 0.25) is 0 Å². The second-order valence-corrected chi connectivity index (χ2v) is 12.7. The molecule has 5 aromatic carbocycles. The molecule has 0 saturated heterocycles. The van der Waals surface area contributed by atoms with E-state index in [0.29, 0.717) is 17.5 Å². The molecule has 0 unspecified atom stereocenters. The van der Waals surface area contributed by atoms with Crippen LogP contribution in [0.25, 0.3) is 79.7 Å². The van der Waals surface area contributed by atoms with Crippen molar-refractivity contribution in [2.45, 2.75) is 62.3 Å². The van der Waals surface area contributed by atoms with E-state index < -0.39 is 0 Å². The van der Waals surface area contributed by atoms with E-state index in [4.69, 9.17) is 15.0 Å². The third-order valence-corrected chi connectivity index (χ3v) is 9.41. The lowest BCUT2D eigenvalue weighted by Crippen LogP contribution is -2.01. The number of nitrogens with zero attached hydrogens (tertiary/aromatic N) is 4. The highest BCUT2D eigenvalue weighted by Gasteiger charge is 2.17. The molecule has 0 radical (unpaired) electrons. The predicted molar refractivity (Wildman–Crippen MR) is 237 cm³/mol. The summed E-state index contributed by atoms with van der Waals surface area (Å²) in [6.07, 6.45) is 10.5. The van der Waals surface area contributed by atoms with Crippen LogP contribution in [0.1, 0.15) is 69.5 Å². The van der Waals surface area contributed by atoms with Crippen LogP contribution in [0.15, 0.2) is 140 Å². The van der Waals surface area contributed by atoms with Gasteiger partial charge in [-0.15, -0.1) is 0 Å². The monoisotopic (exact) mass is 720 g/mol. The lowest BCUT2D eigenvalue weighted by Gasteiger charge is -2.18. The Balaban J connectivity index is 0.00000140. The Morgan fingerprint density at radius 3 is 1.47 bits per heavy atom. The third-order valence-electron chi connectivity index (χ3n) is 9.41. The summed E-state index contributed by atoms with van der Waals surface area (Å²) in [6, 6.07) is 42.2. The van der Waals surface area contributed by atoms with Crippen molar-refractivity contribution in [1.82, 2.24) is 19.9 Å². The van der Waals surface area contributed by atoms with Gasteiger partial charge in [0, 0.05) is 34.1 Å². The van der Waals surface area contributed by atoms with Crippen LogP contribution in [0.5, 0.6) is 0 Å². The third kappa shape index (κ3) is 9.10. The Morgan fingerprint density at radius 1 is 0.418 bits per heavy atom. The number of benzene rings is 5. The molecule has 2 aromatic heterocycles. The summed E-state index contributed by atoms with van der Waals surface area (Å²) in [5, 5.41) is 0. The van der Waals surface area contributed by atoms with Gasteiger partial charge in [-0.3, -0.25) is 4.98 Å². The van der Waals surface area contributed by atoms with Gasteiger partial charge >= 0.3 is 0 Å². The average molecular weight is 721 g/mol. The van der Waals surface area contributed by atoms with Gasteiger partial charge in [-0.25, -0.2) is 15.0 Å². The fourth-order valence-corrected chi connectivity index (χ4v) is 6.58. The molecule has 0 amide bonds. The summed E-state index contributed by atoms with van der Waals surface area (Å²) in [4.78, 5) is 19.7. The molecule has 0 aliphatic carbocycles. The zero-order valence-electron chi connectivity index (χ0n) is 33.7. The minimum Gasteiger partial charge on any atom is -0.261 e. The molecule has 0 aliphatic rings. The summed E-state index contributed by atoms with van der Waals surface area (Å²) in [7, 11) is 0. The molecule has 276 valence electrons. The second kappa shape index (κ2) is 19.2. The van der Waals surface area contributed by atoms with Crippen LogP contribution in [-0.4, -0.2) is 19.9 Å². The zero-order chi connectivity index (χ0) is 39.3. The summed E-state index contributed by atoms with van der Waals surface area (Å²) in [6.45, 7) is 18.6. The Morgan fingerprint density at radius 2 is 0.927 bits per heavy atom. The van der Waals surface area contributed by atoms with Crippen LogP contribution >= 0.6 is 0 Å². The maximum absolute atomic E-state index is 5.12. The fourth-order valence-electron chi connectivity index (χ4n) is 6.58. The summed E-state index contributed by atoms with van der Waals surface area (Å²) in [5.41, 5.74) is 15.5. The number of rotatable bonds is 8. The highest BCUT2D eigenvalue weighted by molar-refractivity contribution is 5.87. The van der Waals surface area contributed by atoms with Gasteiger partial charge in [-0.1, -0.05) is 143 Å². The standard InChI is InChI=1S/C47H40N4.2C2H6/c1-6-15-38-30-44(42(16-7-2)32(4)31(38)3)40-27-39(34-22-24-35(25-23-34)43-21-14-26-48-33(43)5)28-41(29-40)47-50-45(36-17-10-8-11-18-36)49-46(51-47)37-19-12-9-13-20-37;2*1-2/h6-30H,1-5H3;2*1-2H3/b15-6-,16-7-;;. The van der Waals surface area contributed by atoms with Gasteiger partial charge in [0.05, 0.1) is 0 Å². The number of aryl methyl sites for hydroxylation is 1. The second-order valence-electron chi connectivity index (χ2n) is 12.7. The number of pyridine rings is 1. The molecular weight excluding hydrogens is 669 g/mol. The van der Waals surface area contributed by atoms with Crippen molar-refractivity contribution in [2.24, 2.45) is 0 Å². The van der Waals surface area contributed by atoms with Crippen molar-refractivity contribution >= 4 is 12.2 Å². The quantitative estimate of drug-likeness (QED) is 0.157. The Bertz CT molecular complexity index is 2330. The van der Waals surface area contributed by atoms with E-state index in [1.807, 2.05) is 101 Å². The molecule has 0 N–H and O–H groups in total. The highest BCUT2D eigenvalue weighted by Crippen LogP contribution is 2.38. The highest BCUT2D eigenvalue weighted by atomic mass is 15.0. The fraction of sp³-hybridized carbons (Fsp3) is 0.176. The van der Waals surface area contributed by atoms with Crippen molar-refractivity contribution < 1.29 is 0 Å². The molecule has 0 saturated carbocycles. The maximum atomic E-state index is 5.12. The van der Waals surface area contributed by atoms with Crippen LogP contribution in [0.4, 0.5) is 0 Å². The van der Waals surface area contributed by atoms with Gasteiger partial charge in [-0.2, -0.15) is 0 Å². The van der Waals surface area contributed by atoms with Crippen LogP contribution in [-0.2, 0) is 0 Å². The predicted octanol–water partition coefficient (Wildman–Crippen LogP) is 14.3. The minimum atomic E-state index is 0.624. The molecule has 0 atom stereocenters. The van der Waals surface area contributed by atoms with Gasteiger partial charge in [0.1, 0.15) is 0 Å². The lowest BCUT2D eigenvalue weighted by molar-refractivity contribution is 1.07. The first-order chi connectivity index (χ1) is 26.9. The first-order valence-corrected chi connectivity index (χ1v) is 19.4. The first kappa shape index (κ1) is 39.9. The topological polar surface area (TPSA) is 51.6 Å². The number of aromatic nitrogens is 4. The van der Waals surface area contributed by atoms with Crippen LogP contribution < -0.4 is 0 Å². The smallest absolute Gasteiger partial charge is 0.164 e. The van der Waals surface area contributed by atoms with E-state index in [2.05, 4.69) is 119 Å². The Hall–Kier alpha value is -6.26. The number of hydrogen-bond acceptors (Lipinski definition) is 4. The first-order valence-electron chi connectivity index (χ1n) is 19.4. The van der Waals surface area contributed by atoms with E-state index in [1.165, 1.54) is 22.3 Å². The Kier molecular flexibility index (Phi) is 13.9. The molecule has 0 bridgehead atoms. The summed E-state index contributed by atoms with van der Waals surface area (Å²) < 4.78 is 0. The number of allylic oxidation sites excluding steroid dienone is 2. The molecule has 0 fully saturated rings. The SMILES string of the molecule is C/C=C\c1cc(-c2cc(-c3ccc(-c4cccnc4C)cc3)cc(-c3nc(-c4ccccc4)nc(-c4ccccc4)n3)c2)c(/C=C\C)c(C)c1C.CC.CC. The lowest BCUT2D eigenvalue weighted by atomic mass is 9.87. The van der Waals surface area contributed by atoms with Crippen LogP contribution in [0, 0.1) is 20.8 Å². The van der Waals surface area contributed by atoms with Gasteiger partial charge in [0.2, 0.25) is 0 Å². The molecular formula is C51H52N4. The minimum absolute atomic E-state index is 0.624. The van der Waals surface area contributed by atoms with E-state index in [1.54, 1.807) is 0 Å². The number of hydrogen-bond donors (Lipinski definition) is 0. The normalized spacial score (nSPS) is 10.9. The summed E-state index contributed by atoms with van der Waals surface area (Å²) >= 11 is 0. The van der Waals surface area contributed by atoms with Gasteiger partial charge in [0.25, 0.3) is 0 Å². The molecule has 7 aromatic rings.